The summed E-state index contributed by atoms with van der Waals surface area (Å²) >= 11 is 0. The van der Waals surface area contributed by atoms with Gasteiger partial charge in [0.25, 0.3) is 0 Å². The van der Waals surface area contributed by atoms with Crippen molar-refractivity contribution in [1.29, 1.82) is 4.78 Å². The number of hydrogen-bond donors (Lipinski definition) is 3. The van der Waals surface area contributed by atoms with Crippen LogP contribution in [-0.4, -0.2) is 22.0 Å². The number of nitrogens with one attached hydrogen (secondary N) is 1. The number of pyridine rings is 1. The van der Waals surface area contributed by atoms with Gasteiger partial charge in [-0.1, -0.05) is 31.7 Å². The number of halogens is 3. The highest BCUT2D eigenvalue weighted by Crippen LogP contribution is 2.44. The molecule has 1 heterocycles. The van der Waals surface area contributed by atoms with Crippen molar-refractivity contribution < 1.29 is 17.4 Å². The average Bonchev–Trinajstić information content (AvgIpc) is 3.44. The molecule has 1 saturated carbocycles. The summed E-state index contributed by atoms with van der Waals surface area (Å²) in [5.41, 5.74) is 13.5. The Balaban J connectivity index is 2.00. The van der Waals surface area contributed by atoms with E-state index in [4.69, 9.17) is 16.2 Å². The molecule has 31 heavy (non-hydrogen) atoms. The van der Waals surface area contributed by atoms with E-state index in [-0.39, 0.29) is 22.9 Å². The zero-order valence-electron chi connectivity index (χ0n) is 17.4. The lowest BCUT2D eigenvalue weighted by molar-refractivity contribution is -0.141. The molecule has 1 atom stereocenters. The number of rotatable bonds is 7. The first-order chi connectivity index (χ1) is 14.3. The summed E-state index contributed by atoms with van der Waals surface area (Å²) in [4.78, 5) is 5.01. The molecular weight excluding hydrogens is 427 g/mol. The van der Waals surface area contributed by atoms with Crippen molar-refractivity contribution in [3.63, 3.8) is 0 Å². The van der Waals surface area contributed by atoms with Gasteiger partial charge >= 0.3 is 6.18 Å². The summed E-state index contributed by atoms with van der Waals surface area (Å²) in [6, 6.07) is 6.31. The molecule has 10 heteroatoms. The highest BCUT2D eigenvalue weighted by Gasteiger charge is 2.40. The number of anilines is 2. The number of nitrogens with two attached hydrogens (primary N) is 2. The molecule has 0 spiro atoms. The molecule has 1 aliphatic rings. The van der Waals surface area contributed by atoms with Crippen LogP contribution in [0, 0.1) is 4.78 Å². The predicted molar refractivity (Wildman–Crippen MR) is 118 cm³/mol. The van der Waals surface area contributed by atoms with E-state index >= 15 is 0 Å². The Morgan fingerprint density at radius 1 is 1.35 bits per heavy atom. The average molecular weight is 454 g/mol. The molecule has 0 bridgehead atoms. The van der Waals surface area contributed by atoms with Gasteiger partial charge in [-0.2, -0.15) is 13.2 Å². The van der Waals surface area contributed by atoms with Gasteiger partial charge in [-0.3, -0.25) is 4.78 Å². The number of hydrogen-bond acceptors (Lipinski definition) is 6. The Hall–Kier alpha value is -2.59. The van der Waals surface area contributed by atoms with E-state index in [1.54, 1.807) is 20.0 Å². The molecular formula is C21H26F3N5OS. The molecule has 0 radical (unpaired) electrons. The Bertz CT molecular complexity index is 1120. The maximum atomic E-state index is 12.9. The van der Waals surface area contributed by atoms with Gasteiger partial charge in [0.15, 0.2) is 0 Å². The fourth-order valence-electron chi connectivity index (χ4n) is 3.31. The SMILES string of the molecule is C=C(c1ccc(C2(N)CC2)cc1CS(=N)(=O)CC)N(C)c1cnc(C(F)(F)F)cc1N. The van der Waals surface area contributed by atoms with Gasteiger partial charge < -0.3 is 16.4 Å². The van der Waals surface area contributed by atoms with Crippen molar-refractivity contribution in [1.82, 2.24) is 4.98 Å². The van der Waals surface area contributed by atoms with E-state index in [9.17, 15) is 17.4 Å². The zero-order chi connectivity index (χ0) is 23.2. The first kappa shape index (κ1) is 23.1. The molecule has 1 aromatic heterocycles. The predicted octanol–water partition coefficient (Wildman–Crippen LogP) is 4.30. The van der Waals surface area contributed by atoms with E-state index in [1.165, 1.54) is 4.90 Å². The van der Waals surface area contributed by atoms with Gasteiger partial charge in [0.2, 0.25) is 0 Å². The maximum Gasteiger partial charge on any atom is 0.433 e. The quantitative estimate of drug-likeness (QED) is 0.579. The summed E-state index contributed by atoms with van der Waals surface area (Å²) < 4.78 is 59.4. The van der Waals surface area contributed by atoms with Crippen LogP contribution in [0.1, 0.15) is 42.1 Å². The fourth-order valence-corrected chi connectivity index (χ4v) is 4.25. The van der Waals surface area contributed by atoms with Gasteiger partial charge in [0.1, 0.15) is 5.69 Å². The molecule has 168 valence electrons. The van der Waals surface area contributed by atoms with E-state index in [0.717, 1.165) is 30.7 Å². The topological polar surface area (TPSA) is 109 Å². The molecule has 0 aliphatic heterocycles. The van der Waals surface area contributed by atoms with Crippen LogP contribution in [0.3, 0.4) is 0 Å². The third kappa shape index (κ3) is 4.85. The molecule has 2 aromatic rings. The minimum Gasteiger partial charge on any atom is -0.397 e. The second kappa shape index (κ2) is 7.83. The summed E-state index contributed by atoms with van der Waals surface area (Å²) in [6.45, 7) is 5.77. The van der Waals surface area contributed by atoms with Gasteiger partial charge in [-0.05, 0) is 30.0 Å². The molecule has 1 fully saturated rings. The second-order valence-corrected chi connectivity index (χ2v) is 10.4. The third-order valence-electron chi connectivity index (χ3n) is 5.61. The lowest BCUT2D eigenvalue weighted by atomic mass is 9.97. The molecule has 0 amide bonds. The number of aromatic nitrogens is 1. The van der Waals surface area contributed by atoms with Crippen LogP contribution in [0.15, 0.2) is 37.0 Å². The van der Waals surface area contributed by atoms with Gasteiger partial charge in [0.05, 0.1) is 23.3 Å². The zero-order valence-corrected chi connectivity index (χ0v) is 18.2. The number of benzene rings is 1. The molecule has 5 N–H and O–H groups in total. The highest BCUT2D eigenvalue weighted by molar-refractivity contribution is 7.91. The molecule has 0 saturated heterocycles. The lowest BCUT2D eigenvalue weighted by Gasteiger charge is -2.26. The lowest BCUT2D eigenvalue weighted by Crippen LogP contribution is -2.21. The van der Waals surface area contributed by atoms with Gasteiger partial charge in [-0.15, -0.1) is 0 Å². The first-order valence-electron chi connectivity index (χ1n) is 9.69. The second-order valence-electron chi connectivity index (χ2n) is 7.90. The van der Waals surface area contributed by atoms with E-state index in [2.05, 4.69) is 11.6 Å². The van der Waals surface area contributed by atoms with Crippen LogP contribution < -0.4 is 16.4 Å². The van der Waals surface area contributed by atoms with Crippen molar-refractivity contribution in [2.45, 2.75) is 37.2 Å². The first-order valence-corrected chi connectivity index (χ1v) is 11.6. The third-order valence-corrected chi connectivity index (χ3v) is 7.32. The Kier molecular flexibility index (Phi) is 5.83. The van der Waals surface area contributed by atoms with Crippen LogP contribution in [0.2, 0.25) is 0 Å². The minimum absolute atomic E-state index is 0.0242. The molecule has 1 aromatic carbocycles. The van der Waals surface area contributed by atoms with Crippen molar-refractivity contribution in [2.24, 2.45) is 5.73 Å². The summed E-state index contributed by atoms with van der Waals surface area (Å²) in [7, 11) is -1.24. The largest absolute Gasteiger partial charge is 0.433 e. The molecule has 3 rings (SSSR count). The highest BCUT2D eigenvalue weighted by atomic mass is 32.2. The van der Waals surface area contributed by atoms with E-state index < -0.39 is 27.1 Å². The molecule has 1 aliphatic carbocycles. The smallest absolute Gasteiger partial charge is 0.397 e. The van der Waals surface area contributed by atoms with E-state index in [1.807, 2.05) is 12.1 Å². The Labute approximate surface area is 180 Å². The number of alkyl halides is 3. The number of nitrogen functional groups attached to an aromatic ring is 1. The van der Waals surface area contributed by atoms with Crippen molar-refractivity contribution >= 4 is 26.8 Å². The van der Waals surface area contributed by atoms with Crippen LogP contribution in [0.25, 0.3) is 5.70 Å². The minimum atomic E-state index is -4.60. The normalized spacial score (nSPS) is 17.1. The molecule has 6 nitrogen and oxygen atoms in total. The van der Waals surface area contributed by atoms with Crippen molar-refractivity contribution in [3.05, 3.63) is 59.4 Å². The van der Waals surface area contributed by atoms with Crippen molar-refractivity contribution in [2.75, 3.05) is 23.4 Å². The van der Waals surface area contributed by atoms with Crippen LogP contribution >= 0.6 is 0 Å². The standard InChI is InChI=1S/C21H26F3N5OS/c1-4-31(27,30)12-14-9-15(20(26)7-8-20)5-6-16(14)13(2)29(3)18-11-28-19(10-17(18)25)21(22,23)24/h5-6,9-11,27H,2,4,7-8,12,26H2,1,3H3,(H2,25,28). The summed E-state index contributed by atoms with van der Waals surface area (Å²) in [6.07, 6.45) is -1.84. The number of nitrogens with zero attached hydrogens (tertiary/aromatic N) is 2. The van der Waals surface area contributed by atoms with Crippen molar-refractivity contribution in [3.8, 4) is 0 Å². The Morgan fingerprint density at radius 3 is 2.52 bits per heavy atom. The van der Waals surface area contributed by atoms with E-state index in [0.29, 0.717) is 16.8 Å². The van der Waals surface area contributed by atoms with Gasteiger partial charge in [-0.25, -0.2) is 9.19 Å². The summed E-state index contributed by atoms with van der Waals surface area (Å²) in [5.74, 6) is 0.221. The monoisotopic (exact) mass is 453 g/mol. The maximum absolute atomic E-state index is 12.9. The van der Waals surface area contributed by atoms with Crippen LogP contribution in [0.5, 0.6) is 0 Å². The van der Waals surface area contributed by atoms with Crippen LogP contribution in [-0.2, 0) is 27.2 Å². The summed E-state index contributed by atoms with van der Waals surface area (Å²) in [5, 5.41) is 0. The van der Waals surface area contributed by atoms with Crippen LogP contribution in [0.4, 0.5) is 24.5 Å². The molecule has 1 unspecified atom stereocenters. The van der Waals surface area contributed by atoms with Gasteiger partial charge in [0, 0.05) is 39.3 Å². The fraction of sp³-hybridized carbons (Fsp3) is 0.381. The Morgan fingerprint density at radius 2 is 2.00 bits per heavy atom.